The van der Waals surface area contributed by atoms with Crippen LogP contribution in [0.25, 0.3) is 5.76 Å². The molecule has 1 fully saturated rings. The van der Waals surface area contributed by atoms with Crippen molar-refractivity contribution in [2.24, 2.45) is 0 Å². The molecule has 1 aliphatic heterocycles. The monoisotopic (exact) mass is 455 g/mol. The van der Waals surface area contributed by atoms with Gasteiger partial charge in [-0.1, -0.05) is 6.07 Å². The van der Waals surface area contributed by atoms with Crippen LogP contribution in [0.15, 0.2) is 42.0 Å². The number of ether oxygens (including phenoxy) is 3. The summed E-state index contributed by atoms with van der Waals surface area (Å²) in [6.07, 6.45) is -0.0485. The number of rotatable bonds is 8. The maximum absolute atomic E-state index is 13.1. The summed E-state index contributed by atoms with van der Waals surface area (Å²) in [6.45, 7) is 5.92. The number of nitrogens with zero attached hydrogens (tertiary/aromatic N) is 1. The van der Waals surface area contributed by atoms with Crippen LogP contribution >= 0.6 is 0 Å². The van der Waals surface area contributed by atoms with Crippen molar-refractivity contribution in [3.8, 4) is 17.2 Å². The summed E-state index contributed by atoms with van der Waals surface area (Å²) in [4.78, 5) is 27.4. The maximum atomic E-state index is 13.1. The summed E-state index contributed by atoms with van der Waals surface area (Å²) in [6, 6.07) is 8.72. The maximum Gasteiger partial charge on any atom is 0.295 e. The molecule has 0 saturated carbocycles. The number of aryl methyl sites for hydroxylation is 1. The van der Waals surface area contributed by atoms with Gasteiger partial charge in [0.25, 0.3) is 11.7 Å². The molecule has 8 nitrogen and oxygen atoms in total. The smallest absolute Gasteiger partial charge is 0.295 e. The molecule has 2 aromatic rings. The molecule has 0 bridgehead atoms. The Kier molecular flexibility index (Phi) is 7.28. The van der Waals surface area contributed by atoms with Gasteiger partial charge in [0.2, 0.25) is 0 Å². The minimum atomic E-state index is -0.903. The number of phenolic OH excluding ortho intramolecular Hbond substituents is 1. The number of aliphatic hydroxyl groups excluding tert-OH is 1. The SMILES string of the molecule is COc1ccc(/C(O)=C2/C(=O)C(=O)N(CCOC(C)C)C2c2ccc(OC)c(O)c2)cc1C. The van der Waals surface area contributed by atoms with Crippen molar-refractivity contribution in [2.45, 2.75) is 32.9 Å². The Bertz CT molecular complexity index is 1090. The molecule has 176 valence electrons. The van der Waals surface area contributed by atoms with E-state index in [0.717, 1.165) is 5.56 Å². The Hall–Kier alpha value is -3.52. The van der Waals surface area contributed by atoms with Gasteiger partial charge in [-0.2, -0.15) is 0 Å². The Morgan fingerprint density at radius 2 is 1.73 bits per heavy atom. The molecule has 0 aromatic heterocycles. The van der Waals surface area contributed by atoms with Gasteiger partial charge in [-0.3, -0.25) is 9.59 Å². The number of methoxy groups -OCH3 is 2. The molecule has 1 aliphatic rings. The van der Waals surface area contributed by atoms with Gasteiger partial charge in [0, 0.05) is 12.1 Å². The summed E-state index contributed by atoms with van der Waals surface area (Å²) >= 11 is 0. The van der Waals surface area contributed by atoms with Crippen molar-refractivity contribution in [1.82, 2.24) is 4.90 Å². The van der Waals surface area contributed by atoms with Crippen molar-refractivity contribution < 1.29 is 34.0 Å². The third-order valence-corrected chi connectivity index (χ3v) is 5.51. The van der Waals surface area contributed by atoms with Gasteiger partial charge in [-0.05, 0) is 62.2 Å². The van der Waals surface area contributed by atoms with E-state index in [1.165, 1.54) is 18.1 Å². The first kappa shape index (κ1) is 24.1. The van der Waals surface area contributed by atoms with Gasteiger partial charge >= 0.3 is 0 Å². The van der Waals surface area contributed by atoms with E-state index >= 15 is 0 Å². The van der Waals surface area contributed by atoms with Crippen molar-refractivity contribution in [1.29, 1.82) is 0 Å². The molecule has 8 heteroatoms. The number of carbonyl (C=O) groups is 2. The second-order valence-electron chi connectivity index (χ2n) is 8.03. The lowest BCUT2D eigenvalue weighted by Crippen LogP contribution is -2.33. The number of carbonyl (C=O) groups excluding carboxylic acids is 2. The molecule has 1 saturated heterocycles. The van der Waals surface area contributed by atoms with Crippen LogP contribution in [-0.4, -0.2) is 60.3 Å². The van der Waals surface area contributed by atoms with E-state index < -0.39 is 17.7 Å². The predicted molar refractivity (Wildman–Crippen MR) is 122 cm³/mol. The normalized spacial score (nSPS) is 17.6. The average Bonchev–Trinajstić information content (AvgIpc) is 3.03. The zero-order valence-electron chi connectivity index (χ0n) is 19.4. The van der Waals surface area contributed by atoms with Crippen LogP contribution in [0, 0.1) is 6.92 Å². The largest absolute Gasteiger partial charge is 0.507 e. The molecular weight excluding hydrogens is 426 g/mol. The van der Waals surface area contributed by atoms with Crippen LogP contribution in [0.2, 0.25) is 0 Å². The zero-order valence-corrected chi connectivity index (χ0v) is 19.4. The van der Waals surface area contributed by atoms with Crippen molar-refractivity contribution >= 4 is 17.4 Å². The topological polar surface area (TPSA) is 106 Å². The van der Waals surface area contributed by atoms with E-state index in [1.807, 2.05) is 20.8 Å². The number of aromatic hydroxyl groups is 1. The van der Waals surface area contributed by atoms with Gasteiger partial charge in [0.05, 0.1) is 38.5 Å². The lowest BCUT2D eigenvalue weighted by atomic mass is 9.94. The van der Waals surface area contributed by atoms with Crippen LogP contribution in [0.5, 0.6) is 17.2 Å². The third kappa shape index (κ3) is 4.80. The van der Waals surface area contributed by atoms with Crippen LogP contribution in [0.4, 0.5) is 0 Å². The summed E-state index contributed by atoms with van der Waals surface area (Å²) in [5.74, 6) is -1.09. The van der Waals surface area contributed by atoms with Gasteiger partial charge in [-0.15, -0.1) is 0 Å². The number of Topliss-reactive ketones (excluding diaryl/α,β-unsaturated/α-hetero) is 1. The summed E-state index contributed by atoms with van der Waals surface area (Å²) < 4.78 is 16.0. The van der Waals surface area contributed by atoms with E-state index in [9.17, 15) is 19.8 Å². The van der Waals surface area contributed by atoms with E-state index in [1.54, 1.807) is 37.4 Å². The summed E-state index contributed by atoms with van der Waals surface area (Å²) in [7, 11) is 2.97. The summed E-state index contributed by atoms with van der Waals surface area (Å²) in [5, 5.41) is 21.5. The van der Waals surface area contributed by atoms with E-state index in [-0.39, 0.29) is 42.1 Å². The molecule has 0 spiro atoms. The Morgan fingerprint density at radius 1 is 1.06 bits per heavy atom. The first-order valence-corrected chi connectivity index (χ1v) is 10.6. The Morgan fingerprint density at radius 3 is 2.30 bits per heavy atom. The number of hydrogen-bond acceptors (Lipinski definition) is 7. The molecule has 1 unspecified atom stereocenters. The van der Waals surface area contributed by atoms with Gasteiger partial charge < -0.3 is 29.3 Å². The fourth-order valence-electron chi connectivity index (χ4n) is 3.90. The number of benzene rings is 2. The van der Waals surface area contributed by atoms with E-state index in [0.29, 0.717) is 16.9 Å². The van der Waals surface area contributed by atoms with Crippen LogP contribution in [0.3, 0.4) is 0 Å². The van der Waals surface area contributed by atoms with Crippen LogP contribution < -0.4 is 9.47 Å². The number of ketones is 1. The molecular formula is C25H29NO7. The molecule has 2 N–H and O–H groups in total. The van der Waals surface area contributed by atoms with Gasteiger partial charge in [0.15, 0.2) is 11.5 Å². The van der Waals surface area contributed by atoms with Crippen LogP contribution in [0.1, 0.15) is 36.6 Å². The van der Waals surface area contributed by atoms with Gasteiger partial charge in [0.1, 0.15) is 11.5 Å². The lowest BCUT2D eigenvalue weighted by Gasteiger charge is -2.26. The number of hydrogen-bond donors (Lipinski definition) is 2. The standard InChI is InChI=1S/C25H29NO7/c1-14(2)33-11-10-26-22(16-6-9-20(32-5)18(27)13-16)21(24(29)25(26)30)23(28)17-7-8-19(31-4)15(3)12-17/h6-9,12-14,22,27-28H,10-11H2,1-5H3/b23-21-. The minimum Gasteiger partial charge on any atom is -0.507 e. The van der Waals surface area contributed by atoms with E-state index in [4.69, 9.17) is 14.2 Å². The second-order valence-corrected chi connectivity index (χ2v) is 8.03. The fraction of sp³-hybridized carbons (Fsp3) is 0.360. The molecule has 1 heterocycles. The molecule has 1 atom stereocenters. The second kappa shape index (κ2) is 9.95. The fourth-order valence-corrected chi connectivity index (χ4v) is 3.90. The predicted octanol–water partition coefficient (Wildman–Crippen LogP) is 3.56. The summed E-state index contributed by atoms with van der Waals surface area (Å²) in [5.41, 5.74) is 1.55. The van der Waals surface area contributed by atoms with E-state index in [2.05, 4.69) is 0 Å². The quantitative estimate of drug-likeness (QED) is 0.356. The number of likely N-dealkylation sites (tertiary alicyclic amines) is 1. The lowest BCUT2D eigenvalue weighted by molar-refractivity contribution is -0.140. The molecule has 2 aromatic carbocycles. The Balaban J connectivity index is 2.14. The molecule has 3 rings (SSSR count). The third-order valence-electron chi connectivity index (χ3n) is 5.51. The number of phenols is 1. The highest BCUT2D eigenvalue weighted by Crippen LogP contribution is 2.41. The highest BCUT2D eigenvalue weighted by molar-refractivity contribution is 6.46. The first-order chi connectivity index (χ1) is 15.7. The highest BCUT2D eigenvalue weighted by atomic mass is 16.5. The van der Waals surface area contributed by atoms with Crippen molar-refractivity contribution in [2.75, 3.05) is 27.4 Å². The highest BCUT2D eigenvalue weighted by Gasteiger charge is 2.46. The first-order valence-electron chi connectivity index (χ1n) is 10.6. The van der Waals surface area contributed by atoms with Crippen molar-refractivity contribution in [3.05, 3.63) is 58.7 Å². The molecule has 0 radical (unpaired) electrons. The molecule has 33 heavy (non-hydrogen) atoms. The minimum absolute atomic E-state index is 0.0485. The zero-order chi connectivity index (χ0) is 24.3. The number of aliphatic hydroxyl groups is 1. The molecule has 0 aliphatic carbocycles. The van der Waals surface area contributed by atoms with Gasteiger partial charge in [-0.25, -0.2) is 0 Å². The van der Waals surface area contributed by atoms with Crippen molar-refractivity contribution in [3.63, 3.8) is 0 Å². The van der Waals surface area contributed by atoms with Crippen LogP contribution in [-0.2, 0) is 14.3 Å². The number of amides is 1. The molecule has 1 amide bonds. The average molecular weight is 456 g/mol. The Labute approximate surface area is 193 Å².